The molecule has 106 valence electrons. The van der Waals surface area contributed by atoms with E-state index in [0.29, 0.717) is 11.3 Å². The molecule has 1 amide bonds. The highest BCUT2D eigenvalue weighted by atomic mass is 32.2. The van der Waals surface area contributed by atoms with Crippen LogP contribution in [0.15, 0.2) is 18.2 Å². The molecule has 0 aromatic heterocycles. The number of nitrogens with one attached hydrogen (secondary N) is 2. The molecule has 0 spiro atoms. The topological polar surface area (TPSA) is 58.2 Å². The maximum absolute atomic E-state index is 12.2. The number of amides is 1. The summed E-state index contributed by atoms with van der Waals surface area (Å²) in [5, 5.41) is 5.96. The quantitative estimate of drug-likeness (QED) is 0.838. The first-order valence-electron chi connectivity index (χ1n) is 6.33. The summed E-state index contributed by atoms with van der Waals surface area (Å²) >= 11 is 0. The van der Waals surface area contributed by atoms with Crippen molar-refractivity contribution in [2.24, 2.45) is 0 Å². The van der Waals surface area contributed by atoms with Crippen molar-refractivity contribution in [3.05, 3.63) is 29.3 Å². The first-order chi connectivity index (χ1) is 8.93. The third-order valence-electron chi connectivity index (χ3n) is 2.90. The minimum Gasteiger partial charge on any atom is -0.387 e. The summed E-state index contributed by atoms with van der Waals surface area (Å²) in [6.45, 7) is 3.89. The average molecular weight is 282 g/mol. The molecule has 0 fully saturated rings. The van der Waals surface area contributed by atoms with Gasteiger partial charge in [-0.25, -0.2) is 0 Å². The van der Waals surface area contributed by atoms with Crippen molar-refractivity contribution in [1.29, 1.82) is 0 Å². The molecule has 0 aliphatic carbocycles. The van der Waals surface area contributed by atoms with Crippen LogP contribution >= 0.6 is 0 Å². The van der Waals surface area contributed by atoms with Gasteiger partial charge in [-0.2, -0.15) is 0 Å². The van der Waals surface area contributed by atoms with Gasteiger partial charge in [-0.15, -0.1) is 0 Å². The normalized spacial score (nSPS) is 13.7. The van der Waals surface area contributed by atoms with E-state index in [1.54, 1.807) is 13.3 Å². The van der Waals surface area contributed by atoms with Crippen LogP contribution in [0.3, 0.4) is 0 Å². The predicted octanol–water partition coefficient (Wildman–Crippen LogP) is 1.92. The van der Waals surface area contributed by atoms with Crippen LogP contribution in [0.2, 0.25) is 0 Å². The molecule has 0 aliphatic rings. The molecular weight excluding hydrogens is 260 g/mol. The Morgan fingerprint density at radius 2 is 2.11 bits per heavy atom. The summed E-state index contributed by atoms with van der Waals surface area (Å²) in [5.74, 6) is 0.510. The minimum atomic E-state index is -0.819. The van der Waals surface area contributed by atoms with Crippen LogP contribution in [0.5, 0.6) is 0 Å². The van der Waals surface area contributed by atoms with E-state index in [1.165, 1.54) is 0 Å². The molecule has 2 N–H and O–H groups in total. The van der Waals surface area contributed by atoms with E-state index in [1.807, 2.05) is 32.0 Å². The molecule has 1 aromatic rings. The lowest BCUT2D eigenvalue weighted by atomic mass is 10.1. The first-order valence-corrected chi connectivity index (χ1v) is 8.06. The van der Waals surface area contributed by atoms with Crippen LogP contribution in [0.1, 0.15) is 29.3 Å². The highest BCUT2D eigenvalue weighted by Crippen LogP contribution is 2.17. The van der Waals surface area contributed by atoms with Crippen molar-refractivity contribution in [1.82, 2.24) is 5.32 Å². The smallest absolute Gasteiger partial charge is 0.253 e. The van der Waals surface area contributed by atoms with Crippen LogP contribution in [0.4, 0.5) is 5.69 Å². The summed E-state index contributed by atoms with van der Waals surface area (Å²) in [7, 11) is 0.978. The summed E-state index contributed by atoms with van der Waals surface area (Å²) < 4.78 is 11.0. The van der Waals surface area contributed by atoms with Gasteiger partial charge in [-0.3, -0.25) is 9.00 Å². The van der Waals surface area contributed by atoms with Gasteiger partial charge >= 0.3 is 0 Å². The van der Waals surface area contributed by atoms with Gasteiger partial charge in [0.2, 0.25) is 0 Å². The zero-order valence-corrected chi connectivity index (χ0v) is 12.8. The van der Waals surface area contributed by atoms with Crippen LogP contribution in [-0.4, -0.2) is 35.2 Å². The zero-order chi connectivity index (χ0) is 14.4. The van der Waals surface area contributed by atoms with Crippen molar-refractivity contribution in [3.63, 3.8) is 0 Å². The van der Waals surface area contributed by atoms with E-state index in [-0.39, 0.29) is 11.9 Å². The van der Waals surface area contributed by atoms with Crippen molar-refractivity contribution in [2.75, 3.05) is 24.4 Å². The number of carbonyl (C=O) groups is 1. The number of anilines is 1. The lowest BCUT2D eigenvalue weighted by Crippen LogP contribution is -2.34. The minimum absolute atomic E-state index is 0.0154. The van der Waals surface area contributed by atoms with E-state index >= 15 is 0 Å². The van der Waals surface area contributed by atoms with Crippen molar-refractivity contribution in [2.45, 2.75) is 26.3 Å². The van der Waals surface area contributed by atoms with Gasteiger partial charge in [0.1, 0.15) is 0 Å². The monoisotopic (exact) mass is 282 g/mol. The molecule has 4 nitrogen and oxygen atoms in total. The lowest BCUT2D eigenvalue weighted by Gasteiger charge is -2.15. The van der Waals surface area contributed by atoms with Gasteiger partial charge in [-0.05, 0) is 32.4 Å². The second-order valence-electron chi connectivity index (χ2n) is 4.74. The van der Waals surface area contributed by atoms with E-state index < -0.39 is 10.8 Å². The second kappa shape index (κ2) is 7.28. The van der Waals surface area contributed by atoms with Crippen molar-refractivity contribution >= 4 is 22.4 Å². The van der Waals surface area contributed by atoms with Crippen LogP contribution < -0.4 is 10.6 Å². The fraction of sp³-hybridized carbons (Fsp3) is 0.500. The van der Waals surface area contributed by atoms with Gasteiger partial charge in [0.15, 0.2) is 0 Å². The second-order valence-corrected chi connectivity index (χ2v) is 6.29. The maximum Gasteiger partial charge on any atom is 0.253 e. The fourth-order valence-corrected chi connectivity index (χ4v) is 2.47. The van der Waals surface area contributed by atoms with Gasteiger partial charge in [0.25, 0.3) is 5.91 Å². The number of rotatable bonds is 6. The largest absolute Gasteiger partial charge is 0.387 e. The predicted molar refractivity (Wildman–Crippen MR) is 81.2 cm³/mol. The summed E-state index contributed by atoms with van der Waals surface area (Å²) in [5.41, 5.74) is 2.51. The SMILES string of the molecule is CNc1ccc(C)cc1C(=O)NC(C)CCS(C)=O. The lowest BCUT2D eigenvalue weighted by molar-refractivity contribution is 0.0940. The number of benzene rings is 1. The Labute approximate surface area is 117 Å². The summed E-state index contributed by atoms with van der Waals surface area (Å²) in [6.07, 6.45) is 2.39. The summed E-state index contributed by atoms with van der Waals surface area (Å²) in [6, 6.07) is 5.75. The third kappa shape index (κ3) is 5.03. The third-order valence-corrected chi connectivity index (χ3v) is 3.72. The molecule has 19 heavy (non-hydrogen) atoms. The Bertz CT molecular complexity index is 475. The standard InChI is InChI=1S/C14H22N2O2S/c1-10-5-6-13(15-3)12(9-10)14(17)16-11(2)7-8-19(4)18/h5-6,9,11,15H,7-8H2,1-4H3,(H,16,17). The van der Waals surface area contributed by atoms with Crippen molar-refractivity contribution in [3.8, 4) is 0 Å². The molecule has 1 rings (SSSR count). The molecule has 5 heteroatoms. The first kappa shape index (κ1) is 15.7. The van der Waals surface area contributed by atoms with Gasteiger partial charge in [-0.1, -0.05) is 11.6 Å². The van der Waals surface area contributed by atoms with E-state index in [2.05, 4.69) is 10.6 Å². The maximum atomic E-state index is 12.2. The Balaban J connectivity index is 2.72. The Hall–Kier alpha value is -1.36. The molecule has 0 saturated carbocycles. The van der Waals surface area contributed by atoms with Gasteiger partial charge in [0, 0.05) is 41.6 Å². The highest BCUT2D eigenvalue weighted by molar-refractivity contribution is 7.84. The molecule has 0 saturated heterocycles. The number of hydrogen-bond acceptors (Lipinski definition) is 3. The molecule has 0 heterocycles. The van der Waals surface area contributed by atoms with E-state index in [0.717, 1.165) is 17.7 Å². The van der Waals surface area contributed by atoms with Gasteiger partial charge < -0.3 is 10.6 Å². The Morgan fingerprint density at radius 1 is 1.42 bits per heavy atom. The highest BCUT2D eigenvalue weighted by Gasteiger charge is 2.13. The average Bonchev–Trinajstić information content (AvgIpc) is 2.36. The molecule has 1 aromatic carbocycles. The molecular formula is C14H22N2O2S. The number of hydrogen-bond donors (Lipinski definition) is 2. The van der Waals surface area contributed by atoms with E-state index in [4.69, 9.17) is 0 Å². The molecule has 0 aliphatic heterocycles. The number of aryl methyl sites for hydroxylation is 1. The van der Waals surface area contributed by atoms with Crippen LogP contribution in [0, 0.1) is 6.92 Å². The van der Waals surface area contributed by atoms with E-state index in [9.17, 15) is 9.00 Å². The molecule has 2 unspecified atom stereocenters. The fourth-order valence-electron chi connectivity index (χ4n) is 1.78. The molecule has 2 atom stereocenters. The van der Waals surface area contributed by atoms with Gasteiger partial charge in [0.05, 0.1) is 5.56 Å². The summed E-state index contributed by atoms with van der Waals surface area (Å²) in [4.78, 5) is 12.2. The van der Waals surface area contributed by atoms with Crippen molar-refractivity contribution < 1.29 is 9.00 Å². The molecule has 0 radical (unpaired) electrons. The zero-order valence-electron chi connectivity index (χ0n) is 11.9. The Morgan fingerprint density at radius 3 is 2.68 bits per heavy atom. The Kier molecular flexibility index (Phi) is 6.02. The molecule has 0 bridgehead atoms. The van der Waals surface area contributed by atoms with Crippen LogP contribution in [0.25, 0.3) is 0 Å². The van der Waals surface area contributed by atoms with Crippen LogP contribution in [-0.2, 0) is 10.8 Å². The number of carbonyl (C=O) groups excluding carboxylic acids is 1.